The van der Waals surface area contributed by atoms with Crippen molar-refractivity contribution in [2.75, 3.05) is 5.73 Å². The molecule has 0 spiro atoms. The van der Waals surface area contributed by atoms with E-state index in [9.17, 15) is 0 Å². The van der Waals surface area contributed by atoms with Gasteiger partial charge >= 0.3 is 0 Å². The summed E-state index contributed by atoms with van der Waals surface area (Å²) >= 11 is 0. The zero-order valence-corrected chi connectivity index (χ0v) is 12.2. The molecule has 2 N–H and O–H groups in total. The topological polar surface area (TPSA) is 74.6 Å². The van der Waals surface area contributed by atoms with Gasteiger partial charge in [0.1, 0.15) is 6.33 Å². The summed E-state index contributed by atoms with van der Waals surface area (Å²) in [4.78, 5) is 4.35. The molecule has 0 saturated heterocycles. The zero-order chi connectivity index (χ0) is 14.8. The minimum absolute atomic E-state index is 0.652. The van der Waals surface area contributed by atoms with Crippen LogP contribution in [0.4, 0.5) is 5.69 Å². The number of nitrogens with zero attached hydrogens (tertiary/aromatic N) is 5. The first-order valence-electron chi connectivity index (χ1n) is 6.93. The van der Waals surface area contributed by atoms with Crippen LogP contribution >= 0.6 is 0 Å². The number of benzene rings is 1. The lowest BCUT2D eigenvalue weighted by Crippen LogP contribution is -2.06. The first-order valence-corrected chi connectivity index (χ1v) is 6.93. The third-order valence-corrected chi connectivity index (χ3v) is 3.39. The average molecular weight is 282 g/mol. The second kappa shape index (κ2) is 5.40. The second-order valence-electron chi connectivity index (χ2n) is 5.00. The van der Waals surface area contributed by atoms with Gasteiger partial charge in [-0.25, -0.2) is 9.67 Å². The monoisotopic (exact) mass is 282 g/mol. The predicted molar refractivity (Wildman–Crippen MR) is 81.6 cm³/mol. The molecule has 2 aromatic heterocycles. The largest absolute Gasteiger partial charge is 0.399 e. The van der Waals surface area contributed by atoms with Crippen molar-refractivity contribution in [2.24, 2.45) is 7.05 Å². The van der Waals surface area contributed by atoms with Gasteiger partial charge in [-0.1, -0.05) is 19.1 Å². The van der Waals surface area contributed by atoms with Crippen LogP contribution in [0.5, 0.6) is 0 Å². The van der Waals surface area contributed by atoms with Gasteiger partial charge in [0.2, 0.25) is 0 Å². The van der Waals surface area contributed by atoms with Crippen molar-refractivity contribution in [2.45, 2.75) is 19.9 Å². The molecule has 6 heteroatoms. The summed E-state index contributed by atoms with van der Waals surface area (Å²) in [5, 5.41) is 8.94. The second-order valence-corrected chi connectivity index (χ2v) is 5.00. The Morgan fingerprint density at radius 2 is 2.05 bits per heavy atom. The fourth-order valence-electron chi connectivity index (χ4n) is 2.24. The van der Waals surface area contributed by atoms with Crippen molar-refractivity contribution in [1.29, 1.82) is 0 Å². The summed E-state index contributed by atoms with van der Waals surface area (Å²) in [6.45, 7) is 2.75. The number of rotatable bonds is 4. The first-order chi connectivity index (χ1) is 10.2. The van der Waals surface area contributed by atoms with Crippen LogP contribution in [0.1, 0.15) is 18.3 Å². The SMILES string of the molecule is CCc1cc(Cn2cnc(-c3cccc(N)c3)n2)n(C)n1. The van der Waals surface area contributed by atoms with Gasteiger partial charge in [0.05, 0.1) is 17.9 Å². The van der Waals surface area contributed by atoms with Crippen LogP contribution in [0.15, 0.2) is 36.7 Å². The molecule has 108 valence electrons. The third kappa shape index (κ3) is 2.79. The molecule has 0 aliphatic heterocycles. The summed E-state index contributed by atoms with van der Waals surface area (Å²) in [5.74, 6) is 0.681. The number of aryl methyl sites for hydroxylation is 2. The zero-order valence-electron chi connectivity index (χ0n) is 12.2. The minimum atomic E-state index is 0.652. The van der Waals surface area contributed by atoms with E-state index in [0.29, 0.717) is 18.1 Å². The van der Waals surface area contributed by atoms with Gasteiger partial charge in [0, 0.05) is 18.3 Å². The molecule has 0 aliphatic rings. The van der Waals surface area contributed by atoms with Crippen LogP contribution < -0.4 is 5.73 Å². The maximum atomic E-state index is 5.79. The van der Waals surface area contributed by atoms with Gasteiger partial charge in [-0.3, -0.25) is 4.68 Å². The lowest BCUT2D eigenvalue weighted by atomic mass is 10.2. The molecule has 1 aromatic carbocycles. The van der Waals surface area contributed by atoms with Crippen molar-refractivity contribution < 1.29 is 0 Å². The standard InChI is InChI=1S/C15H18N6/c1-3-13-8-14(20(2)18-13)9-21-10-17-15(19-21)11-5-4-6-12(16)7-11/h4-8,10H,3,9,16H2,1-2H3. The van der Waals surface area contributed by atoms with Crippen molar-refractivity contribution in [3.05, 3.63) is 48.0 Å². The van der Waals surface area contributed by atoms with E-state index in [1.54, 1.807) is 6.33 Å². The van der Waals surface area contributed by atoms with Crippen LogP contribution in [0.2, 0.25) is 0 Å². The molecule has 0 radical (unpaired) electrons. The fraction of sp³-hybridized carbons (Fsp3) is 0.267. The number of anilines is 1. The molecule has 3 rings (SSSR count). The third-order valence-electron chi connectivity index (χ3n) is 3.39. The van der Waals surface area contributed by atoms with Gasteiger partial charge in [0.15, 0.2) is 5.82 Å². The van der Waals surface area contributed by atoms with E-state index in [1.165, 1.54) is 0 Å². The molecule has 2 heterocycles. The molecule has 0 fully saturated rings. The molecule has 0 aliphatic carbocycles. The highest BCUT2D eigenvalue weighted by atomic mass is 15.3. The number of hydrogen-bond donors (Lipinski definition) is 1. The first kappa shape index (κ1) is 13.4. The van der Waals surface area contributed by atoms with E-state index in [0.717, 1.165) is 23.4 Å². The molecular weight excluding hydrogens is 264 g/mol. The normalized spacial score (nSPS) is 11.0. The van der Waals surface area contributed by atoms with Gasteiger partial charge < -0.3 is 5.73 Å². The van der Waals surface area contributed by atoms with Gasteiger partial charge in [0.25, 0.3) is 0 Å². The van der Waals surface area contributed by atoms with Crippen LogP contribution in [-0.4, -0.2) is 24.5 Å². The molecule has 0 unspecified atom stereocenters. The lowest BCUT2D eigenvalue weighted by Gasteiger charge is -2.01. The molecule has 0 amide bonds. The van der Waals surface area contributed by atoms with Gasteiger partial charge in [-0.05, 0) is 24.6 Å². The molecule has 0 saturated carbocycles. The van der Waals surface area contributed by atoms with E-state index in [-0.39, 0.29) is 0 Å². The van der Waals surface area contributed by atoms with E-state index < -0.39 is 0 Å². The molecule has 0 atom stereocenters. The maximum Gasteiger partial charge on any atom is 0.181 e. The van der Waals surface area contributed by atoms with Crippen molar-refractivity contribution in [1.82, 2.24) is 24.5 Å². The van der Waals surface area contributed by atoms with Crippen molar-refractivity contribution in [3.63, 3.8) is 0 Å². The minimum Gasteiger partial charge on any atom is -0.399 e. The summed E-state index contributed by atoms with van der Waals surface area (Å²) in [6, 6.07) is 9.68. The Balaban J connectivity index is 1.83. The Hall–Kier alpha value is -2.63. The summed E-state index contributed by atoms with van der Waals surface area (Å²) in [5.41, 5.74) is 9.62. The van der Waals surface area contributed by atoms with E-state index >= 15 is 0 Å². The van der Waals surface area contributed by atoms with Gasteiger partial charge in [-0.2, -0.15) is 10.2 Å². The quantitative estimate of drug-likeness (QED) is 0.741. The molecular formula is C15H18N6. The highest BCUT2D eigenvalue weighted by Gasteiger charge is 2.08. The van der Waals surface area contributed by atoms with Gasteiger partial charge in [-0.15, -0.1) is 0 Å². The number of nitrogen functional groups attached to an aromatic ring is 1. The van der Waals surface area contributed by atoms with E-state index in [4.69, 9.17) is 5.73 Å². The number of nitrogens with two attached hydrogens (primary N) is 1. The average Bonchev–Trinajstić information content (AvgIpc) is 3.07. The summed E-state index contributed by atoms with van der Waals surface area (Å²) in [7, 11) is 1.95. The fourth-order valence-corrected chi connectivity index (χ4v) is 2.24. The van der Waals surface area contributed by atoms with Crippen molar-refractivity contribution in [3.8, 4) is 11.4 Å². The van der Waals surface area contributed by atoms with Crippen LogP contribution in [0, 0.1) is 0 Å². The highest BCUT2D eigenvalue weighted by molar-refractivity contribution is 5.60. The molecule has 0 bridgehead atoms. The Morgan fingerprint density at radius 1 is 1.19 bits per heavy atom. The van der Waals surface area contributed by atoms with E-state index in [2.05, 4.69) is 28.2 Å². The Kier molecular flexibility index (Phi) is 3.43. The molecule has 6 nitrogen and oxygen atoms in total. The smallest absolute Gasteiger partial charge is 0.181 e. The maximum absolute atomic E-state index is 5.79. The van der Waals surface area contributed by atoms with Crippen LogP contribution in [-0.2, 0) is 20.0 Å². The molecule has 3 aromatic rings. The van der Waals surface area contributed by atoms with Crippen LogP contribution in [0.3, 0.4) is 0 Å². The highest BCUT2D eigenvalue weighted by Crippen LogP contribution is 2.17. The lowest BCUT2D eigenvalue weighted by molar-refractivity contribution is 0.617. The predicted octanol–water partition coefficient (Wildman–Crippen LogP) is 1.87. The number of hydrogen-bond acceptors (Lipinski definition) is 4. The summed E-state index contributed by atoms with van der Waals surface area (Å²) < 4.78 is 3.70. The Bertz CT molecular complexity index is 755. The Labute approximate surface area is 123 Å². The Morgan fingerprint density at radius 3 is 2.76 bits per heavy atom. The summed E-state index contributed by atoms with van der Waals surface area (Å²) in [6.07, 6.45) is 2.66. The van der Waals surface area contributed by atoms with Crippen LogP contribution in [0.25, 0.3) is 11.4 Å². The van der Waals surface area contributed by atoms with Crippen molar-refractivity contribution >= 4 is 5.69 Å². The number of aromatic nitrogens is 5. The van der Waals surface area contributed by atoms with E-state index in [1.807, 2.05) is 40.7 Å². The molecule has 21 heavy (non-hydrogen) atoms.